The van der Waals surface area contributed by atoms with Crippen LogP contribution in [0.25, 0.3) is 0 Å². The van der Waals surface area contributed by atoms with Gasteiger partial charge in [0.2, 0.25) is 5.95 Å². The van der Waals surface area contributed by atoms with E-state index in [1.54, 1.807) is 0 Å². The molecule has 1 aromatic heterocycles. The van der Waals surface area contributed by atoms with Crippen LogP contribution in [0.5, 0.6) is 0 Å². The second kappa shape index (κ2) is 2.88. The van der Waals surface area contributed by atoms with E-state index in [-0.39, 0.29) is 5.82 Å². The lowest BCUT2D eigenvalue weighted by molar-refractivity contribution is 0.566. The van der Waals surface area contributed by atoms with E-state index in [1.165, 1.54) is 12.4 Å². The predicted octanol–water partition coefficient (Wildman–Crippen LogP) is 0.166. The van der Waals surface area contributed by atoms with Gasteiger partial charge in [-0.3, -0.25) is 0 Å². The van der Waals surface area contributed by atoms with Gasteiger partial charge in [0.05, 0.1) is 12.4 Å². The number of hydrogen-bond acceptors (Lipinski definition) is 4. The highest BCUT2D eigenvalue weighted by atomic mass is 19.1. The summed E-state index contributed by atoms with van der Waals surface area (Å²) in [6.07, 6.45) is 3.60. The number of nitrogens with one attached hydrogen (secondary N) is 1. The van der Waals surface area contributed by atoms with Gasteiger partial charge in [-0.1, -0.05) is 0 Å². The lowest BCUT2D eigenvalue weighted by atomic mass is 10.2. The Morgan fingerprint density at radius 3 is 2.79 bits per heavy atom. The second-order valence-electron chi connectivity index (χ2n) is 3.85. The van der Waals surface area contributed by atoms with Crippen LogP contribution in [0, 0.1) is 5.82 Å². The topological polar surface area (TPSA) is 41.1 Å². The Labute approximate surface area is 81.2 Å². The molecular formula is C9H11FN4. The van der Waals surface area contributed by atoms with Gasteiger partial charge in [0.15, 0.2) is 5.82 Å². The molecule has 74 valence electrons. The first-order valence-electron chi connectivity index (χ1n) is 4.80. The molecule has 2 aliphatic heterocycles. The summed E-state index contributed by atoms with van der Waals surface area (Å²) in [5.74, 6) is 0.275. The van der Waals surface area contributed by atoms with Crippen LogP contribution in [0.15, 0.2) is 12.4 Å². The van der Waals surface area contributed by atoms with Crippen LogP contribution in [0.4, 0.5) is 10.3 Å². The van der Waals surface area contributed by atoms with Crippen molar-refractivity contribution in [3.05, 3.63) is 18.2 Å². The SMILES string of the molecule is Fc1cnc(N2C[C@H]3C[C@@H]2CN3)nc1. The highest BCUT2D eigenvalue weighted by molar-refractivity contribution is 5.36. The van der Waals surface area contributed by atoms with Crippen molar-refractivity contribution < 1.29 is 4.39 Å². The molecule has 3 heterocycles. The van der Waals surface area contributed by atoms with Crippen molar-refractivity contribution in [2.75, 3.05) is 18.0 Å². The first-order chi connectivity index (χ1) is 6.83. The Bertz CT molecular complexity index is 339. The molecule has 1 aromatic rings. The monoisotopic (exact) mass is 194 g/mol. The molecule has 0 unspecified atom stereocenters. The van der Waals surface area contributed by atoms with E-state index in [0.717, 1.165) is 19.5 Å². The standard InChI is InChI=1S/C9H11FN4/c10-6-2-12-9(13-3-6)14-5-7-1-8(14)4-11-7/h2-3,7-8,11H,1,4-5H2/t7-,8-/m1/s1. The fourth-order valence-corrected chi connectivity index (χ4v) is 2.26. The summed E-state index contributed by atoms with van der Waals surface area (Å²) < 4.78 is 12.6. The molecule has 2 saturated heterocycles. The van der Waals surface area contributed by atoms with Crippen molar-refractivity contribution in [3.8, 4) is 0 Å². The highest BCUT2D eigenvalue weighted by Gasteiger charge is 2.38. The largest absolute Gasteiger partial charge is 0.335 e. The van der Waals surface area contributed by atoms with Crippen LogP contribution in [0.3, 0.4) is 0 Å². The Balaban J connectivity index is 1.86. The van der Waals surface area contributed by atoms with E-state index in [9.17, 15) is 4.39 Å². The van der Waals surface area contributed by atoms with E-state index in [2.05, 4.69) is 20.2 Å². The summed E-state index contributed by atoms with van der Waals surface area (Å²) in [6.45, 7) is 1.93. The average molecular weight is 194 g/mol. The van der Waals surface area contributed by atoms with Gasteiger partial charge in [0, 0.05) is 25.2 Å². The molecule has 14 heavy (non-hydrogen) atoms. The van der Waals surface area contributed by atoms with Gasteiger partial charge in [0.25, 0.3) is 0 Å². The Morgan fingerprint density at radius 1 is 1.43 bits per heavy atom. The van der Waals surface area contributed by atoms with Crippen LogP contribution in [-0.4, -0.2) is 35.1 Å². The summed E-state index contributed by atoms with van der Waals surface area (Å²) in [6, 6.07) is 1.05. The van der Waals surface area contributed by atoms with Gasteiger partial charge in [-0.2, -0.15) is 0 Å². The summed E-state index contributed by atoms with van der Waals surface area (Å²) in [4.78, 5) is 10.1. The molecule has 0 spiro atoms. The van der Waals surface area contributed by atoms with Crippen molar-refractivity contribution in [3.63, 3.8) is 0 Å². The van der Waals surface area contributed by atoms with Crippen molar-refractivity contribution in [2.24, 2.45) is 0 Å². The summed E-state index contributed by atoms with van der Waals surface area (Å²) in [5, 5.41) is 3.40. The van der Waals surface area contributed by atoms with E-state index in [0.29, 0.717) is 18.0 Å². The molecule has 3 rings (SSSR count). The maximum Gasteiger partial charge on any atom is 0.225 e. The minimum Gasteiger partial charge on any atom is -0.335 e. The normalized spacial score (nSPS) is 29.9. The summed E-state index contributed by atoms with van der Waals surface area (Å²) >= 11 is 0. The van der Waals surface area contributed by atoms with Crippen molar-refractivity contribution in [2.45, 2.75) is 18.5 Å². The number of piperazine rings is 1. The smallest absolute Gasteiger partial charge is 0.225 e. The average Bonchev–Trinajstić information content (AvgIpc) is 2.80. The third-order valence-electron chi connectivity index (χ3n) is 2.92. The molecule has 0 saturated carbocycles. The van der Waals surface area contributed by atoms with Crippen LogP contribution in [0.2, 0.25) is 0 Å². The number of anilines is 1. The molecule has 2 atom stereocenters. The second-order valence-corrected chi connectivity index (χ2v) is 3.85. The number of nitrogens with zero attached hydrogens (tertiary/aromatic N) is 3. The first kappa shape index (κ1) is 8.11. The minimum absolute atomic E-state index is 0.378. The number of aromatic nitrogens is 2. The molecule has 2 fully saturated rings. The zero-order valence-corrected chi connectivity index (χ0v) is 7.65. The molecule has 2 bridgehead atoms. The lowest BCUT2D eigenvalue weighted by Gasteiger charge is -2.26. The Morgan fingerprint density at radius 2 is 2.21 bits per heavy atom. The van der Waals surface area contributed by atoms with Gasteiger partial charge < -0.3 is 10.2 Å². The van der Waals surface area contributed by atoms with Gasteiger partial charge in [-0.15, -0.1) is 0 Å². The van der Waals surface area contributed by atoms with Crippen LogP contribution in [-0.2, 0) is 0 Å². The van der Waals surface area contributed by atoms with Crippen molar-refractivity contribution in [1.82, 2.24) is 15.3 Å². The molecule has 2 aliphatic rings. The predicted molar refractivity (Wildman–Crippen MR) is 49.5 cm³/mol. The first-order valence-corrected chi connectivity index (χ1v) is 4.80. The Hall–Kier alpha value is -1.23. The van der Waals surface area contributed by atoms with E-state index >= 15 is 0 Å². The molecule has 1 N–H and O–H groups in total. The van der Waals surface area contributed by atoms with Gasteiger partial charge >= 0.3 is 0 Å². The quantitative estimate of drug-likeness (QED) is 0.691. The molecule has 0 aliphatic carbocycles. The molecule has 4 nitrogen and oxygen atoms in total. The van der Waals surface area contributed by atoms with Crippen LogP contribution < -0.4 is 10.2 Å². The van der Waals surface area contributed by atoms with Gasteiger partial charge in [-0.25, -0.2) is 14.4 Å². The summed E-state index contributed by atoms with van der Waals surface area (Å²) in [5.41, 5.74) is 0. The highest BCUT2D eigenvalue weighted by Crippen LogP contribution is 2.26. The van der Waals surface area contributed by atoms with Crippen molar-refractivity contribution in [1.29, 1.82) is 0 Å². The van der Waals surface area contributed by atoms with E-state index in [1.807, 2.05) is 0 Å². The van der Waals surface area contributed by atoms with Gasteiger partial charge in [0.1, 0.15) is 0 Å². The molecular weight excluding hydrogens is 183 g/mol. The molecule has 0 radical (unpaired) electrons. The maximum absolute atomic E-state index is 12.6. The third-order valence-corrected chi connectivity index (χ3v) is 2.92. The van der Waals surface area contributed by atoms with E-state index in [4.69, 9.17) is 0 Å². The number of fused-ring (bicyclic) bond motifs is 2. The summed E-state index contributed by atoms with van der Waals surface area (Å²) in [7, 11) is 0. The number of halogens is 1. The number of hydrogen-bond donors (Lipinski definition) is 1. The lowest BCUT2D eigenvalue weighted by Crippen LogP contribution is -2.44. The van der Waals surface area contributed by atoms with Crippen molar-refractivity contribution >= 4 is 5.95 Å². The molecule has 0 amide bonds. The Kier molecular flexibility index (Phi) is 1.67. The molecule has 5 heteroatoms. The fraction of sp³-hybridized carbons (Fsp3) is 0.556. The third kappa shape index (κ3) is 1.16. The van der Waals surface area contributed by atoms with Crippen LogP contribution in [0.1, 0.15) is 6.42 Å². The zero-order valence-electron chi connectivity index (χ0n) is 7.65. The number of rotatable bonds is 1. The maximum atomic E-state index is 12.6. The minimum atomic E-state index is -0.378. The van der Waals surface area contributed by atoms with Gasteiger partial charge in [-0.05, 0) is 6.42 Å². The van der Waals surface area contributed by atoms with E-state index < -0.39 is 0 Å². The fourth-order valence-electron chi connectivity index (χ4n) is 2.26. The zero-order chi connectivity index (χ0) is 9.54. The van der Waals surface area contributed by atoms with Crippen LogP contribution >= 0.6 is 0 Å². The molecule has 0 aromatic carbocycles.